The minimum atomic E-state index is -4.22. The van der Waals surface area contributed by atoms with Gasteiger partial charge in [0.15, 0.2) is 0 Å². The first-order valence-electron chi connectivity index (χ1n) is 12.3. The van der Waals surface area contributed by atoms with Gasteiger partial charge in [-0.05, 0) is 63.8 Å². The lowest BCUT2D eigenvalue weighted by atomic mass is 9.87. The van der Waals surface area contributed by atoms with Crippen LogP contribution in [0.2, 0.25) is 0 Å². The average Bonchev–Trinajstić information content (AvgIpc) is 2.89. The highest BCUT2D eigenvalue weighted by Crippen LogP contribution is 2.29. The summed E-state index contributed by atoms with van der Waals surface area (Å²) in [4.78, 5) is 26.8. The van der Waals surface area contributed by atoms with Crippen LogP contribution >= 0.6 is 0 Å². The quantitative estimate of drug-likeness (QED) is 0.380. The second-order valence-electron chi connectivity index (χ2n) is 8.49. The number of halogens is 3. The van der Waals surface area contributed by atoms with Crippen LogP contribution in [-0.2, 0) is 20.6 Å². The van der Waals surface area contributed by atoms with E-state index in [-0.39, 0.29) is 7.43 Å². The molecular weight excluding hydrogens is 493 g/mol. The molecule has 0 amide bonds. The molecule has 1 aliphatic rings. The van der Waals surface area contributed by atoms with E-state index < -0.39 is 11.7 Å². The molecule has 3 rings (SSSR count). The van der Waals surface area contributed by atoms with Crippen LogP contribution in [0.15, 0.2) is 42.5 Å². The van der Waals surface area contributed by atoms with Crippen LogP contribution in [0, 0.1) is 26.7 Å². The Balaban J connectivity index is -0.000000202. The number of alkyl halides is 3. The fraction of sp³-hybridized carbons (Fsp3) is 0.516. The van der Waals surface area contributed by atoms with E-state index in [1.807, 2.05) is 26.6 Å². The summed E-state index contributed by atoms with van der Waals surface area (Å²) in [7, 11) is 1.70. The van der Waals surface area contributed by atoms with Crippen LogP contribution in [0.3, 0.4) is 0 Å². The standard InChI is InChI=1S/C9H12O.C8H7F3.C8H14O.C3H8.2CH2O.CH4/c1-7-4-5-8(2)9(6-7)10-3;1-6-3-2-4-7(5-6)8(9,10)11;1-7(9)8-5-3-2-4-6-8;1-3-2;2*1-2;/h4-6H,1-3H3;2-5H,1H3;8H,2-6H2,1H3;3H2,1-2H3;2*1H2;1H4. The van der Waals surface area contributed by atoms with E-state index in [1.54, 1.807) is 27.0 Å². The number of ketones is 1. The van der Waals surface area contributed by atoms with Crippen LogP contribution in [0.25, 0.3) is 0 Å². The molecule has 2 aromatic carbocycles. The summed E-state index contributed by atoms with van der Waals surface area (Å²) in [5, 5.41) is 0. The van der Waals surface area contributed by atoms with Crippen molar-refractivity contribution in [3.63, 3.8) is 0 Å². The molecule has 0 radical (unpaired) electrons. The second kappa shape index (κ2) is 25.7. The Morgan fingerprint density at radius 2 is 1.37 bits per heavy atom. The molecule has 0 atom stereocenters. The normalized spacial score (nSPS) is 11.7. The van der Waals surface area contributed by atoms with Gasteiger partial charge in [0, 0.05) is 5.92 Å². The Kier molecular flexibility index (Phi) is 28.5. The monoisotopic (exact) mass is 542 g/mol. The molecule has 218 valence electrons. The first kappa shape index (κ1) is 42.1. The van der Waals surface area contributed by atoms with Crippen molar-refractivity contribution in [2.45, 2.75) is 93.7 Å². The minimum Gasteiger partial charge on any atom is -0.496 e. The van der Waals surface area contributed by atoms with E-state index in [1.165, 1.54) is 42.9 Å². The van der Waals surface area contributed by atoms with E-state index in [0.717, 1.165) is 30.7 Å². The predicted octanol–water partition coefficient (Wildman–Crippen LogP) is 9.16. The van der Waals surface area contributed by atoms with Crippen molar-refractivity contribution in [1.82, 2.24) is 0 Å². The van der Waals surface area contributed by atoms with Gasteiger partial charge in [0.1, 0.15) is 25.1 Å². The van der Waals surface area contributed by atoms with Crippen molar-refractivity contribution in [3.05, 3.63) is 64.7 Å². The van der Waals surface area contributed by atoms with Crippen molar-refractivity contribution < 1.29 is 32.3 Å². The van der Waals surface area contributed by atoms with Gasteiger partial charge in [-0.25, -0.2) is 0 Å². The largest absolute Gasteiger partial charge is 0.496 e. The van der Waals surface area contributed by atoms with Crippen LogP contribution in [0.4, 0.5) is 13.2 Å². The molecule has 1 fully saturated rings. The van der Waals surface area contributed by atoms with Gasteiger partial charge in [0.25, 0.3) is 0 Å². The Bertz CT molecular complexity index is 843. The van der Waals surface area contributed by atoms with Gasteiger partial charge in [0.05, 0.1) is 12.7 Å². The number of carbonyl (C=O) groups is 3. The molecule has 38 heavy (non-hydrogen) atoms. The number of Topliss-reactive ketones (excluding diaryl/α,β-unsaturated/α-hetero) is 1. The highest BCUT2D eigenvalue weighted by molar-refractivity contribution is 5.78. The van der Waals surface area contributed by atoms with Gasteiger partial charge in [-0.1, -0.05) is 82.9 Å². The number of hydrogen-bond donors (Lipinski definition) is 0. The molecule has 4 nitrogen and oxygen atoms in total. The molecule has 0 N–H and O–H groups in total. The van der Waals surface area contributed by atoms with Gasteiger partial charge >= 0.3 is 6.18 Å². The van der Waals surface area contributed by atoms with Crippen molar-refractivity contribution in [2.24, 2.45) is 5.92 Å². The number of aryl methyl sites for hydroxylation is 3. The zero-order valence-electron chi connectivity index (χ0n) is 23.5. The Hall–Kier alpha value is -2.96. The fourth-order valence-electron chi connectivity index (χ4n) is 3.26. The molecule has 0 bridgehead atoms. The molecule has 1 aliphatic carbocycles. The third-order valence-electron chi connectivity index (χ3n) is 5.09. The van der Waals surface area contributed by atoms with Crippen LogP contribution < -0.4 is 4.74 Å². The first-order chi connectivity index (χ1) is 17.5. The third kappa shape index (κ3) is 21.2. The van der Waals surface area contributed by atoms with Crippen molar-refractivity contribution in [3.8, 4) is 5.75 Å². The van der Waals surface area contributed by atoms with Gasteiger partial charge in [0.2, 0.25) is 0 Å². The summed E-state index contributed by atoms with van der Waals surface area (Å²) in [5.41, 5.74) is 2.47. The predicted molar refractivity (Wildman–Crippen MR) is 153 cm³/mol. The first-order valence-corrected chi connectivity index (χ1v) is 12.3. The molecule has 0 aromatic heterocycles. The number of ether oxygens (including phenoxy) is 1. The third-order valence-corrected chi connectivity index (χ3v) is 5.09. The topological polar surface area (TPSA) is 60.4 Å². The van der Waals surface area contributed by atoms with Crippen molar-refractivity contribution >= 4 is 19.4 Å². The summed E-state index contributed by atoms with van der Waals surface area (Å²) in [5.74, 6) is 1.79. The molecule has 0 heterocycles. The summed E-state index contributed by atoms with van der Waals surface area (Å²) in [6, 6.07) is 11.4. The molecule has 0 unspecified atom stereocenters. The molecule has 7 heteroatoms. The second-order valence-corrected chi connectivity index (χ2v) is 8.49. The maximum absolute atomic E-state index is 12.0. The SMILES string of the molecule is C.C=O.C=O.CC(=O)C1CCCCC1.CCC.COc1cc(C)ccc1C.Cc1cccc(C(F)(F)F)c1. The van der Waals surface area contributed by atoms with E-state index >= 15 is 0 Å². The fourth-order valence-corrected chi connectivity index (χ4v) is 3.26. The smallest absolute Gasteiger partial charge is 0.416 e. The van der Waals surface area contributed by atoms with E-state index in [0.29, 0.717) is 17.3 Å². The number of rotatable bonds is 2. The van der Waals surface area contributed by atoms with Crippen LogP contribution in [0.1, 0.15) is 89.0 Å². The molecule has 0 spiro atoms. The highest BCUT2D eigenvalue weighted by atomic mass is 19.4. The van der Waals surface area contributed by atoms with E-state index in [9.17, 15) is 18.0 Å². The average molecular weight is 543 g/mol. The Labute approximate surface area is 229 Å². The molecule has 0 saturated heterocycles. The maximum atomic E-state index is 12.0. The summed E-state index contributed by atoms with van der Waals surface area (Å²) < 4.78 is 41.0. The van der Waals surface area contributed by atoms with Gasteiger partial charge in [-0.3, -0.25) is 4.79 Å². The lowest BCUT2D eigenvalue weighted by Gasteiger charge is -2.17. The van der Waals surface area contributed by atoms with Crippen molar-refractivity contribution in [1.29, 1.82) is 0 Å². The van der Waals surface area contributed by atoms with Crippen LogP contribution in [0.5, 0.6) is 5.75 Å². The minimum absolute atomic E-state index is 0. The molecular formula is C31H49F3O4. The maximum Gasteiger partial charge on any atom is 0.416 e. The van der Waals surface area contributed by atoms with Gasteiger partial charge in [-0.2, -0.15) is 13.2 Å². The summed E-state index contributed by atoms with van der Waals surface area (Å²) in [6.07, 6.45) is 3.20. The lowest BCUT2D eigenvalue weighted by molar-refractivity contribution is -0.137. The molecule has 0 aliphatic heterocycles. The highest BCUT2D eigenvalue weighted by Gasteiger charge is 2.29. The van der Waals surface area contributed by atoms with Gasteiger partial charge in [-0.15, -0.1) is 0 Å². The number of methoxy groups -OCH3 is 1. The van der Waals surface area contributed by atoms with Crippen LogP contribution in [-0.4, -0.2) is 26.5 Å². The Morgan fingerprint density at radius 1 is 0.895 bits per heavy atom. The Morgan fingerprint density at radius 3 is 1.68 bits per heavy atom. The van der Waals surface area contributed by atoms with Crippen molar-refractivity contribution in [2.75, 3.05) is 7.11 Å². The summed E-state index contributed by atoms with van der Waals surface area (Å²) >= 11 is 0. The van der Waals surface area contributed by atoms with E-state index in [2.05, 4.69) is 32.9 Å². The number of hydrogen-bond acceptors (Lipinski definition) is 4. The molecule has 2 aromatic rings. The van der Waals surface area contributed by atoms with Gasteiger partial charge < -0.3 is 14.3 Å². The molecule has 1 saturated carbocycles. The van der Waals surface area contributed by atoms with E-state index in [4.69, 9.17) is 14.3 Å². The number of benzene rings is 2. The number of carbonyl (C=O) groups excluding carboxylic acids is 3. The lowest BCUT2D eigenvalue weighted by Crippen LogP contribution is -2.13. The zero-order valence-corrected chi connectivity index (χ0v) is 23.5. The summed E-state index contributed by atoms with van der Waals surface area (Å²) in [6.45, 7) is 15.7. The zero-order chi connectivity index (χ0) is 29.4.